The highest BCUT2D eigenvalue weighted by Gasteiger charge is 2.38. The van der Waals surface area contributed by atoms with Gasteiger partial charge in [0.2, 0.25) is 0 Å². The van der Waals surface area contributed by atoms with Crippen molar-refractivity contribution in [1.82, 2.24) is 15.5 Å². The molecule has 2 saturated heterocycles. The van der Waals surface area contributed by atoms with Gasteiger partial charge < -0.3 is 9.47 Å². The van der Waals surface area contributed by atoms with Gasteiger partial charge in [0.05, 0.1) is 32.7 Å². The van der Waals surface area contributed by atoms with Crippen molar-refractivity contribution in [3.8, 4) is 0 Å². The fourth-order valence-corrected chi connectivity index (χ4v) is 1.99. The molecule has 2 aliphatic rings. The van der Waals surface area contributed by atoms with Gasteiger partial charge in [0.25, 0.3) is 0 Å². The molecule has 0 aliphatic carbocycles. The maximum Gasteiger partial charge on any atom is 0.134 e. The quantitative estimate of drug-likeness (QED) is 0.297. The van der Waals surface area contributed by atoms with Gasteiger partial charge in [-0.2, -0.15) is 0 Å². The number of nitrogens with zero attached hydrogens (tertiary/aromatic N) is 1. The molecule has 2 aliphatic heterocycles. The van der Waals surface area contributed by atoms with Crippen LogP contribution in [0.1, 0.15) is 0 Å². The first-order chi connectivity index (χ1) is 7.59. The molecule has 8 nitrogen and oxygen atoms in total. The van der Waals surface area contributed by atoms with Crippen molar-refractivity contribution in [3.63, 3.8) is 0 Å². The minimum absolute atomic E-state index is 0.0787. The SMILES string of the molecule is NC(N)(N)C1COCNC2NCOCCN21. The molecular weight excluding hydrogens is 212 g/mol. The van der Waals surface area contributed by atoms with Crippen LogP contribution in [0.4, 0.5) is 0 Å². The zero-order valence-electron chi connectivity index (χ0n) is 9.19. The summed E-state index contributed by atoms with van der Waals surface area (Å²) in [4.78, 5) is 2.04. The van der Waals surface area contributed by atoms with Crippen LogP contribution >= 0.6 is 0 Å². The lowest BCUT2D eigenvalue weighted by molar-refractivity contribution is 0.0401. The van der Waals surface area contributed by atoms with E-state index in [2.05, 4.69) is 10.6 Å². The Morgan fingerprint density at radius 2 is 1.81 bits per heavy atom. The number of fused-ring (bicyclic) bond motifs is 1. The Morgan fingerprint density at radius 3 is 2.50 bits per heavy atom. The van der Waals surface area contributed by atoms with E-state index in [4.69, 9.17) is 26.7 Å². The van der Waals surface area contributed by atoms with Crippen LogP contribution < -0.4 is 27.8 Å². The third-order valence-electron chi connectivity index (χ3n) is 2.84. The molecule has 0 spiro atoms. The highest BCUT2D eigenvalue weighted by atomic mass is 16.5. The van der Waals surface area contributed by atoms with Crippen LogP contribution in [0, 0.1) is 0 Å². The summed E-state index contributed by atoms with van der Waals surface area (Å²) in [6, 6.07) is -0.262. The number of rotatable bonds is 1. The van der Waals surface area contributed by atoms with Crippen molar-refractivity contribution in [1.29, 1.82) is 0 Å². The maximum atomic E-state index is 5.78. The Balaban J connectivity index is 2.15. The third-order valence-corrected chi connectivity index (χ3v) is 2.84. The van der Waals surface area contributed by atoms with Crippen LogP contribution in [-0.4, -0.2) is 56.2 Å². The van der Waals surface area contributed by atoms with Crippen molar-refractivity contribution in [3.05, 3.63) is 0 Å². The average Bonchev–Trinajstić information content (AvgIpc) is 2.49. The molecule has 0 saturated carbocycles. The van der Waals surface area contributed by atoms with Crippen LogP contribution in [0.3, 0.4) is 0 Å². The standard InChI is InChI=1S/C8H20N6O2/c9-8(10,11)6-3-16-5-13-7-12-4-15-2-1-14(6)7/h6-7,12-13H,1-5,9-11H2. The van der Waals surface area contributed by atoms with Crippen molar-refractivity contribution >= 4 is 0 Å². The normalized spacial score (nSPS) is 33.9. The van der Waals surface area contributed by atoms with Crippen LogP contribution in [0.5, 0.6) is 0 Å². The van der Waals surface area contributed by atoms with E-state index in [9.17, 15) is 0 Å². The van der Waals surface area contributed by atoms with Gasteiger partial charge in [0.15, 0.2) is 0 Å². The molecule has 0 bridgehead atoms. The average molecular weight is 232 g/mol. The molecule has 2 rings (SSSR count). The Bertz CT molecular complexity index is 231. The summed E-state index contributed by atoms with van der Waals surface area (Å²) >= 11 is 0. The number of hydrogen-bond acceptors (Lipinski definition) is 8. The molecular formula is C8H20N6O2. The Kier molecular flexibility index (Phi) is 3.72. The van der Waals surface area contributed by atoms with Gasteiger partial charge in [-0.05, 0) is 0 Å². The molecule has 0 aromatic heterocycles. The molecule has 0 radical (unpaired) electrons. The molecule has 8 N–H and O–H groups in total. The van der Waals surface area contributed by atoms with E-state index < -0.39 is 5.79 Å². The Morgan fingerprint density at radius 1 is 1.12 bits per heavy atom. The van der Waals surface area contributed by atoms with Gasteiger partial charge in [-0.15, -0.1) is 0 Å². The van der Waals surface area contributed by atoms with E-state index in [0.717, 1.165) is 0 Å². The second-order valence-corrected chi connectivity index (χ2v) is 4.13. The molecule has 0 amide bonds. The first kappa shape index (κ1) is 12.1. The highest BCUT2D eigenvalue weighted by Crippen LogP contribution is 2.12. The van der Waals surface area contributed by atoms with Crippen molar-refractivity contribution in [2.24, 2.45) is 17.2 Å². The number of hydrogen-bond donors (Lipinski definition) is 5. The fourth-order valence-electron chi connectivity index (χ4n) is 1.99. The van der Waals surface area contributed by atoms with Gasteiger partial charge in [-0.1, -0.05) is 0 Å². The van der Waals surface area contributed by atoms with E-state index in [0.29, 0.717) is 33.2 Å². The van der Waals surface area contributed by atoms with Gasteiger partial charge in [0.1, 0.15) is 12.1 Å². The second-order valence-electron chi connectivity index (χ2n) is 4.13. The molecule has 0 aromatic carbocycles. The summed E-state index contributed by atoms with van der Waals surface area (Å²) in [6.07, 6.45) is -0.0787. The summed E-state index contributed by atoms with van der Waals surface area (Å²) < 4.78 is 10.7. The third kappa shape index (κ3) is 2.67. The predicted octanol–water partition coefficient (Wildman–Crippen LogP) is -3.37. The monoisotopic (exact) mass is 232 g/mol. The van der Waals surface area contributed by atoms with Crippen molar-refractivity contribution in [2.45, 2.75) is 18.1 Å². The zero-order chi connectivity index (χ0) is 11.6. The number of nitrogens with one attached hydrogen (secondary N) is 2. The maximum absolute atomic E-state index is 5.78. The minimum atomic E-state index is -1.30. The molecule has 0 aromatic rings. The second kappa shape index (κ2) is 4.90. The Labute approximate surface area is 94.4 Å². The summed E-state index contributed by atoms with van der Waals surface area (Å²) in [5.74, 6) is -1.30. The summed E-state index contributed by atoms with van der Waals surface area (Å²) in [5.41, 5.74) is 17.3. The smallest absolute Gasteiger partial charge is 0.134 e. The van der Waals surface area contributed by atoms with Crippen LogP contribution in [-0.2, 0) is 9.47 Å². The summed E-state index contributed by atoms with van der Waals surface area (Å²) in [6.45, 7) is 2.62. The van der Waals surface area contributed by atoms with Crippen LogP contribution in [0.2, 0.25) is 0 Å². The summed E-state index contributed by atoms with van der Waals surface area (Å²) in [7, 11) is 0. The topological polar surface area (TPSA) is 124 Å². The highest BCUT2D eigenvalue weighted by molar-refractivity contribution is 4.91. The zero-order valence-corrected chi connectivity index (χ0v) is 9.19. The van der Waals surface area contributed by atoms with Gasteiger partial charge in [0, 0.05) is 6.54 Å². The molecule has 2 atom stereocenters. The first-order valence-corrected chi connectivity index (χ1v) is 5.33. The Hall–Kier alpha value is -0.320. The van der Waals surface area contributed by atoms with Gasteiger partial charge in [-0.25, -0.2) is 0 Å². The van der Waals surface area contributed by atoms with Gasteiger partial charge >= 0.3 is 0 Å². The van der Waals surface area contributed by atoms with Crippen LogP contribution in [0.15, 0.2) is 0 Å². The molecule has 16 heavy (non-hydrogen) atoms. The summed E-state index contributed by atoms with van der Waals surface area (Å²) in [5, 5.41) is 6.34. The number of ether oxygens (including phenoxy) is 2. The van der Waals surface area contributed by atoms with Crippen molar-refractivity contribution < 1.29 is 9.47 Å². The largest absolute Gasteiger partial charge is 0.365 e. The lowest BCUT2D eigenvalue weighted by atomic mass is 10.1. The van der Waals surface area contributed by atoms with E-state index in [1.165, 1.54) is 0 Å². The van der Waals surface area contributed by atoms with Crippen molar-refractivity contribution in [2.75, 3.05) is 33.2 Å². The number of nitrogens with two attached hydrogens (primary N) is 3. The van der Waals surface area contributed by atoms with Gasteiger partial charge in [-0.3, -0.25) is 32.7 Å². The van der Waals surface area contributed by atoms with Crippen LogP contribution in [0.25, 0.3) is 0 Å². The fraction of sp³-hybridized carbons (Fsp3) is 1.00. The molecule has 2 fully saturated rings. The molecule has 2 heterocycles. The lowest BCUT2D eigenvalue weighted by Gasteiger charge is -2.39. The van der Waals surface area contributed by atoms with E-state index in [1.54, 1.807) is 0 Å². The molecule has 2 unspecified atom stereocenters. The minimum Gasteiger partial charge on any atom is -0.365 e. The first-order valence-electron chi connectivity index (χ1n) is 5.33. The van der Waals surface area contributed by atoms with E-state index >= 15 is 0 Å². The van der Waals surface area contributed by atoms with E-state index in [1.807, 2.05) is 4.90 Å². The lowest BCUT2D eigenvalue weighted by Crippen LogP contribution is -2.74. The molecule has 8 heteroatoms. The van der Waals surface area contributed by atoms with E-state index in [-0.39, 0.29) is 12.3 Å². The molecule has 94 valence electrons. The predicted molar refractivity (Wildman–Crippen MR) is 57.5 cm³/mol.